The number of nitro benzene ring substituents is 1. The first-order chi connectivity index (χ1) is 9.61. The number of aldehydes is 1. The molecule has 0 amide bonds. The summed E-state index contributed by atoms with van der Waals surface area (Å²) in [4.78, 5) is 25.6. The molecule has 1 aliphatic rings. The second kappa shape index (κ2) is 6.47. The van der Waals surface area contributed by atoms with Gasteiger partial charge in [0.15, 0.2) is 0 Å². The lowest BCUT2D eigenvalue weighted by Crippen LogP contribution is -2.31. The molecule has 1 heterocycles. The van der Waals surface area contributed by atoms with Crippen LogP contribution in [0.3, 0.4) is 0 Å². The van der Waals surface area contributed by atoms with Crippen LogP contribution in [-0.2, 0) is 0 Å². The van der Waals surface area contributed by atoms with Crippen molar-refractivity contribution in [2.45, 2.75) is 12.8 Å². The van der Waals surface area contributed by atoms with Crippen LogP contribution in [0.1, 0.15) is 23.2 Å². The first-order valence-corrected chi connectivity index (χ1v) is 6.79. The highest BCUT2D eigenvalue weighted by atomic mass is 16.6. The van der Waals surface area contributed by atoms with Gasteiger partial charge in [-0.25, -0.2) is 0 Å². The number of likely N-dealkylation sites (N-methyl/N-ethyl adjacent to an activating group) is 1. The number of anilines is 1. The molecule has 0 unspecified atom stereocenters. The van der Waals surface area contributed by atoms with Gasteiger partial charge >= 0.3 is 0 Å². The molecule has 6 nitrogen and oxygen atoms in total. The van der Waals surface area contributed by atoms with Gasteiger partial charge in [0, 0.05) is 31.8 Å². The van der Waals surface area contributed by atoms with Gasteiger partial charge in [0.05, 0.1) is 4.92 Å². The Morgan fingerprint density at radius 1 is 1.40 bits per heavy atom. The molecule has 0 bridgehead atoms. The monoisotopic (exact) mass is 277 g/mol. The van der Waals surface area contributed by atoms with Crippen LogP contribution in [0.5, 0.6) is 0 Å². The highest BCUT2D eigenvalue weighted by Crippen LogP contribution is 2.28. The first-order valence-electron chi connectivity index (χ1n) is 6.79. The average molecular weight is 277 g/mol. The van der Waals surface area contributed by atoms with Crippen LogP contribution in [0.4, 0.5) is 11.4 Å². The number of nitro groups is 1. The molecule has 0 aliphatic carbocycles. The maximum atomic E-state index is 11.1. The van der Waals surface area contributed by atoms with Crippen molar-refractivity contribution in [1.82, 2.24) is 4.90 Å². The van der Waals surface area contributed by atoms with E-state index in [9.17, 15) is 14.9 Å². The summed E-state index contributed by atoms with van der Waals surface area (Å²) in [6.45, 7) is 3.87. The van der Waals surface area contributed by atoms with Crippen molar-refractivity contribution in [1.29, 1.82) is 0 Å². The summed E-state index contributed by atoms with van der Waals surface area (Å²) < 4.78 is 0. The Hall–Kier alpha value is -1.95. The molecule has 1 saturated heterocycles. The Labute approximate surface area is 118 Å². The summed E-state index contributed by atoms with van der Waals surface area (Å²) in [6.07, 6.45) is 3.09. The van der Waals surface area contributed by atoms with Crippen molar-refractivity contribution < 1.29 is 9.72 Å². The van der Waals surface area contributed by atoms with Crippen LogP contribution in [0.2, 0.25) is 0 Å². The first kappa shape index (κ1) is 14.5. The van der Waals surface area contributed by atoms with Crippen molar-refractivity contribution in [3.8, 4) is 0 Å². The minimum atomic E-state index is -0.436. The zero-order valence-corrected chi connectivity index (χ0v) is 11.6. The number of likely N-dealkylation sites (tertiary alicyclic amines) is 1. The SMILES string of the molecule is CN(CCN1CCCC1)c1ccc(C=O)cc1[N+](=O)[O-]. The van der Waals surface area contributed by atoms with Crippen LogP contribution >= 0.6 is 0 Å². The van der Waals surface area contributed by atoms with Gasteiger partial charge in [-0.1, -0.05) is 0 Å². The van der Waals surface area contributed by atoms with Crippen LogP contribution in [0, 0.1) is 10.1 Å². The lowest BCUT2D eigenvalue weighted by atomic mass is 10.1. The highest BCUT2D eigenvalue weighted by molar-refractivity contribution is 5.79. The quantitative estimate of drug-likeness (QED) is 0.451. The van der Waals surface area contributed by atoms with Crippen molar-refractivity contribution in [2.24, 2.45) is 0 Å². The van der Waals surface area contributed by atoms with Gasteiger partial charge in [-0.15, -0.1) is 0 Å². The third-order valence-electron chi connectivity index (χ3n) is 3.69. The molecule has 1 aromatic rings. The summed E-state index contributed by atoms with van der Waals surface area (Å²) in [5.74, 6) is 0. The van der Waals surface area contributed by atoms with E-state index < -0.39 is 4.92 Å². The Balaban J connectivity index is 2.09. The van der Waals surface area contributed by atoms with Crippen LogP contribution < -0.4 is 4.90 Å². The number of hydrogen-bond acceptors (Lipinski definition) is 5. The molecule has 20 heavy (non-hydrogen) atoms. The molecule has 0 spiro atoms. The van der Waals surface area contributed by atoms with Gasteiger partial charge in [-0.3, -0.25) is 14.9 Å². The van der Waals surface area contributed by atoms with E-state index >= 15 is 0 Å². The molecule has 0 atom stereocenters. The molecule has 2 rings (SSSR count). The molecule has 0 radical (unpaired) electrons. The molecule has 6 heteroatoms. The largest absolute Gasteiger partial charge is 0.368 e. The number of carbonyl (C=O) groups is 1. The molecule has 1 fully saturated rings. The molecule has 0 saturated carbocycles. The van der Waals surface area contributed by atoms with Crippen molar-refractivity contribution in [3.63, 3.8) is 0 Å². The summed E-state index contributed by atoms with van der Waals surface area (Å²) in [5, 5.41) is 11.1. The van der Waals surface area contributed by atoms with Crippen molar-refractivity contribution in [2.75, 3.05) is 38.1 Å². The third kappa shape index (κ3) is 3.33. The molecule has 1 aromatic carbocycles. The fourth-order valence-corrected chi connectivity index (χ4v) is 2.50. The predicted octanol–water partition coefficient (Wildman–Crippen LogP) is 1.94. The number of benzene rings is 1. The zero-order valence-electron chi connectivity index (χ0n) is 11.6. The van der Waals surface area contributed by atoms with E-state index in [1.165, 1.54) is 18.9 Å². The second-order valence-electron chi connectivity index (χ2n) is 5.09. The Bertz CT molecular complexity index is 498. The molecular formula is C14H19N3O3. The minimum absolute atomic E-state index is 0.0153. The molecular weight excluding hydrogens is 258 g/mol. The van der Waals surface area contributed by atoms with Gasteiger partial charge < -0.3 is 9.80 Å². The number of carbonyl (C=O) groups excluding carboxylic acids is 1. The number of rotatable bonds is 6. The summed E-state index contributed by atoms with van der Waals surface area (Å²) in [5.41, 5.74) is 0.867. The molecule has 0 N–H and O–H groups in total. The summed E-state index contributed by atoms with van der Waals surface area (Å²) >= 11 is 0. The molecule has 108 valence electrons. The summed E-state index contributed by atoms with van der Waals surface area (Å²) in [7, 11) is 1.85. The van der Waals surface area contributed by atoms with Gasteiger partial charge in [0.1, 0.15) is 12.0 Å². The van der Waals surface area contributed by atoms with E-state index in [-0.39, 0.29) is 5.69 Å². The summed E-state index contributed by atoms with van der Waals surface area (Å²) in [6, 6.07) is 4.59. The van der Waals surface area contributed by atoms with Gasteiger partial charge in [0.2, 0.25) is 0 Å². The zero-order chi connectivity index (χ0) is 14.5. The normalized spacial score (nSPS) is 15.2. The van der Waals surface area contributed by atoms with E-state index in [1.54, 1.807) is 12.1 Å². The van der Waals surface area contributed by atoms with E-state index in [2.05, 4.69) is 4.90 Å². The fraction of sp³-hybridized carbons (Fsp3) is 0.500. The van der Waals surface area contributed by atoms with Crippen LogP contribution in [0.15, 0.2) is 18.2 Å². The maximum Gasteiger partial charge on any atom is 0.293 e. The van der Waals surface area contributed by atoms with E-state index in [0.717, 1.165) is 26.2 Å². The van der Waals surface area contributed by atoms with Crippen molar-refractivity contribution in [3.05, 3.63) is 33.9 Å². The van der Waals surface area contributed by atoms with Gasteiger partial charge in [-0.2, -0.15) is 0 Å². The van der Waals surface area contributed by atoms with Gasteiger partial charge in [-0.05, 0) is 38.1 Å². The van der Waals surface area contributed by atoms with Crippen LogP contribution in [0.25, 0.3) is 0 Å². The highest BCUT2D eigenvalue weighted by Gasteiger charge is 2.19. The predicted molar refractivity (Wildman–Crippen MR) is 77.4 cm³/mol. The van der Waals surface area contributed by atoms with Crippen LogP contribution in [-0.4, -0.2) is 49.3 Å². The van der Waals surface area contributed by atoms with E-state index in [4.69, 9.17) is 0 Å². The lowest BCUT2D eigenvalue weighted by molar-refractivity contribution is -0.384. The fourth-order valence-electron chi connectivity index (χ4n) is 2.50. The van der Waals surface area contributed by atoms with Gasteiger partial charge in [0.25, 0.3) is 5.69 Å². The second-order valence-corrected chi connectivity index (χ2v) is 5.09. The third-order valence-corrected chi connectivity index (χ3v) is 3.69. The lowest BCUT2D eigenvalue weighted by Gasteiger charge is -2.23. The van der Waals surface area contributed by atoms with E-state index in [1.807, 2.05) is 11.9 Å². The maximum absolute atomic E-state index is 11.1. The average Bonchev–Trinajstić information content (AvgIpc) is 2.97. The standard InChI is InChI=1S/C14H19N3O3/c1-15(8-9-16-6-2-3-7-16)13-5-4-12(11-18)10-14(13)17(19)20/h4-5,10-11H,2-3,6-9H2,1H3. The molecule has 1 aliphatic heterocycles. The number of hydrogen-bond donors (Lipinski definition) is 0. The Morgan fingerprint density at radius 3 is 2.70 bits per heavy atom. The molecule has 0 aromatic heterocycles. The smallest absolute Gasteiger partial charge is 0.293 e. The topological polar surface area (TPSA) is 66.7 Å². The number of nitrogens with zero attached hydrogens (tertiary/aromatic N) is 3. The Kier molecular flexibility index (Phi) is 4.68. The minimum Gasteiger partial charge on any atom is -0.368 e. The van der Waals surface area contributed by atoms with Crippen molar-refractivity contribution >= 4 is 17.7 Å². The Morgan fingerprint density at radius 2 is 2.10 bits per heavy atom. The van der Waals surface area contributed by atoms with E-state index in [0.29, 0.717) is 17.5 Å².